The fraction of sp³-hybridized carbons (Fsp3) is 0.308. The lowest BCUT2D eigenvalue weighted by molar-refractivity contribution is 0.323. The van der Waals surface area contributed by atoms with E-state index in [1.165, 1.54) is 11.6 Å². The summed E-state index contributed by atoms with van der Waals surface area (Å²) in [6.45, 7) is 4.68. The molecular formula is C13H16N2O4S2. The Morgan fingerprint density at radius 3 is 2.24 bits per heavy atom. The van der Waals surface area contributed by atoms with Crippen molar-refractivity contribution >= 4 is 27.2 Å². The Morgan fingerprint density at radius 2 is 1.76 bits per heavy atom. The van der Waals surface area contributed by atoms with Gasteiger partial charge in [-0.05, 0) is 25.4 Å². The Balaban J connectivity index is 2.30. The molecule has 0 aliphatic rings. The summed E-state index contributed by atoms with van der Waals surface area (Å²) in [4.78, 5) is 0.132. The van der Waals surface area contributed by atoms with E-state index in [4.69, 9.17) is 9.47 Å². The van der Waals surface area contributed by atoms with E-state index in [1.807, 2.05) is 13.8 Å². The second-order valence-corrected chi connectivity index (χ2v) is 6.36. The van der Waals surface area contributed by atoms with Gasteiger partial charge >= 0.3 is 0 Å². The Hall–Kier alpha value is -1.80. The molecule has 1 aromatic carbocycles. The molecule has 0 amide bonds. The van der Waals surface area contributed by atoms with Crippen LogP contribution in [0.4, 0.5) is 5.69 Å². The minimum atomic E-state index is -3.65. The minimum absolute atomic E-state index is 0.132. The van der Waals surface area contributed by atoms with Crippen LogP contribution in [0, 0.1) is 0 Å². The number of hydrogen-bond acceptors (Lipinski definition) is 6. The monoisotopic (exact) mass is 328 g/mol. The normalized spacial score (nSPS) is 11.1. The summed E-state index contributed by atoms with van der Waals surface area (Å²) in [5.74, 6) is 1.09. The van der Waals surface area contributed by atoms with Crippen molar-refractivity contribution in [3.05, 3.63) is 29.8 Å². The molecule has 1 heterocycles. The summed E-state index contributed by atoms with van der Waals surface area (Å²) in [6, 6.07) is 4.95. The van der Waals surface area contributed by atoms with Crippen molar-refractivity contribution in [2.75, 3.05) is 17.9 Å². The van der Waals surface area contributed by atoms with Crippen LogP contribution in [0.15, 0.2) is 34.7 Å². The molecule has 0 spiro atoms. The van der Waals surface area contributed by atoms with Gasteiger partial charge in [0.2, 0.25) is 0 Å². The Labute approximate surface area is 127 Å². The molecule has 1 N–H and O–H groups in total. The van der Waals surface area contributed by atoms with Crippen molar-refractivity contribution < 1.29 is 17.9 Å². The molecule has 0 radical (unpaired) electrons. The molecule has 21 heavy (non-hydrogen) atoms. The van der Waals surface area contributed by atoms with Crippen molar-refractivity contribution in [1.82, 2.24) is 4.37 Å². The number of rotatable bonds is 7. The van der Waals surface area contributed by atoms with Gasteiger partial charge < -0.3 is 9.47 Å². The first-order valence-corrected chi connectivity index (χ1v) is 8.70. The third kappa shape index (κ3) is 4.08. The summed E-state index contributed by atoms with van der Waals surface area (Å²) >= 11 is 1.08. The van der Waals surface area contributed by atoms with Crippen LogP contribution in [0.5, 0.6) is 11.5 Å². The number of aromatic nitrogens is 1. The standard InChI is InChI=1S/C13H16N2O4S2/c1-3-18-11-5-10(6-12(7-11)19-4-2)15-21(16,17)13-8-14-20-9-13/h5-9,15H,3-4H2,1-2H3. The smallest absolute Gasteiger partial charge is 0.264 e. The van der Waals surface area contributed by atoms with Crippen LogP contribution in [0.25, 0.3) is 0 Å². The van der Waals surface area contributed by atoms with Crippen LogP contribution in [-0.4, -0.2) is 26.0 Å². The van der Waals surface area contributed by atoms with E-state index in [-0.39, 0.29) is 4.90 Å². The van der Waals surface area contributed by atoms with Crippen molar-refractivity contribution in [1.29, 1.82) is 0 Å². The number of anilines is 1. The SMILES string of the molecule is CCOc1cc(NS(=O)(=O)c2cnsc2)cc(OCC)c1. The van der Waals surface area contributed by atoms with E-state index < -0.39 is 10.0 Å². The first kappa shape index (κ1) is 15.6. The molecule has 0 saturated heterocycles. The molecule has 0 atom stereocenters. The van der Waals surface area contributed by atoms with Crippen LogP contribution < -0.4 is 14.2 Å². The maximum absolute atomic E-state index is 12.2. The van der Waals surface area contributed by atoms with Crippen molar-refractivity contribution in [2.45, 2.75) is 18.7 Å². The zero-order chi connectivity index (χ0) is 15.3. The molecule has 8 heteroatoms. The number of ether oxygens (including phenoxy) is 2. The molecule has 2 rings (SSSR count). The Kier molecular flexibility index (Phi) is 5.03. The first-order valence-electron chi connectivity index (χ1n) is 6.38. The van der Waals surface area contributed by atoms with Gasteiger partial charge in [-0.25, -0.2) is 8.42 Å². The predicted molar refractivity (Wildman–Crippen MR) is 81.7 cm³/mol. The average Bonchev–Trinajstić information content (AvgIpc) is 2.93. The van der Waals surface area contributed by atoms with Gasteiger partial charge in [-0.3, -0.25) is 4.72 Å². The minimum Gasteiger partial charge on any atom is -0.494 e. The summed E-state index contributed by atoms with van der Waals surface area (Å²) in [7, 11) is -3.65. The number of sulfonamides is 1. The van der Waals surface area contributed by atoms with E-state index >= 15 is 0 Å². The zero-order valence-corrected chi connectivity index (χ0v) is 13.3. The van der Waals surface area contributed by atoms with Gasteiger partial charge in [0, 0.05) is 23.6 Å². The fourth-order valence-corrected chi connectivity index (χ4v) is 3.51. The number of nitrogens with zero attached hydrogens (tertiary/aromatic N) is 1. The fourth-order valence-electron chi connectivity index (χ4n) is 1.67. The van der Waals surface area contributed by atoms with E-state index in [2.05, 4.69) is 9.10 Å². The molecular weight excluding hydrogens is 312 g/mol. The quantitative estimate of drug-likeness (QED) is 0.845. The molecule has 1 aromatic heterocycles. The van der Waals surface area contributed by atoms with Crippen LogP contribution in [0.1, 0.15) is 13.8 Å². The lowest BCUT2D eigenvalue weighted by Crippen LogP contribution is -2.12. The second kappa shape index (κ2) is 6.77. The highest BCUT2D eigenvalue weighted by molar-refractivity contribution is 7.92. The number of hydrogen-bond donors (Lipinski definition) is 1. The van der Waals surface area contributed by atoms with Crippen LogP contribution in [0.3, 0.4) is 0 Å². The van der Waals surface area contributed by atoms with Gasteiger partial charge in [0.15, 0.2) is 0 Å². The molecule has 2 aromatic rings. The number of nitrogens with one attached hydrogen (secondary N) is 1. The Morgan fingerprint density at radius 1 is 1.14 bits per heavy atom. The topological polar surface area (TPSA) is 77.5 Å². The molecule has 0 aliphatic heterocycles. The molecule has 0 saturated carbocycles. The largest absolute Gasteiger partial charge is 0.494 e. The highest BCUT2D eigenvalue weighted by Gasteiger charge is 2.16. The highest BCUT2D eigenvalue weighted by Crippen LogP contribution is 2.28. The van der Waals surface area contributed by atoms with E-state index in [0.29, 0.717) is 30.4 Å². The van der Waals surface area contributed by atoms with Gasteiger partial charge in [0.05, 0.1) is 25.1 Å². The predicted octanol–water partition coefficient (Wildman–Crippen LogP) is 2.74. The molecule has 0 fully saturated rings. The molecule has 6 nitrogen and oxygen atoms in total. The molecule has 0 unspecified atom stereocenters. The third-order valence-electron chi connectivity index (χ3n) is 2.47. The average molecular weight is 328 g/mol. The van der Waals surface area contributed by atoms with Crippen molar-refractivity contribution in [2.24, 2.45) is 0 Å². The third-order valence-corrected chi connectivity index (χ3v) is 4.56. The van der Waals surface area contributed by atoms with Crippen molar-refractivity contribution in [3.63, 3.8) is 0 Å². The van der Waals surface area contributed by atoms with E-state index in [1.54, 1.807) is 18.2 Å². The summed E-state index contributed by atoms with van der Waals surface area (Å²) in [5, 5.41) is 1.47. The summed E-state index contributed by atoms with van der Waals surface area (Å²) in [5.41, 5.74) is 0.385. The van der Waals surface area contributed by atoms with Gasteiger partial charge in [-0.2, -0.15) is 4.37 Å². The van der Waals surface area contributed by atoms with Gasteiger partial charge in [-0.1, -0.05) is 0 Å². The highest BCUT2D eigenvalue weighted by atomic mass is 32.2. The second-order valence-electron chi connectivity index (χ2n) is 4.02. The van der Waals surface area contributed by atoms with Gasteiger partial charge in [-0.15, -0.1) is 0 Å². The lowest BCUT2D eigenvalue weighted by atomic mass is 10.3. The van der Waals surface area contributed by atoms with Gasteiger partial charge in [0.25, 0.3) is 10.0 Å². The molecule has 0 aliphatic carbocycles. The van der Waals surface area contributed by atoms with E-state index in [0.717, 1.165) is 11.5 Å². The molecule has 114 valence electrons. The van der Waals surface area contributed by atoms with Crippen LogP contribution in [-0.2, 0) is 10.0 Å². The maximum Gasteiger partial charge on any atom is 0.264 e. The maximum atomic E-state index is 12.2. The Bertz CT molecular complexity index is 660. The molecule has 0 bridgehead atoms. The summed E-state index contributed by atoms with van der Waals surface area (Å²) in [6.07, 6.45) is 1.31. The lowest BCUT2D eigenvalue weighted by Gasteiger charge is -2.12. The van der Waals surface area contributed by atoms with Crippen LogP contribution in [0.2, 0.25) is 0 Å². The summed E-state index contributed by atoms with van der Waals surface area (Å²) < 4.78 is 41.5. The van der Waals surface area contributed by atoms with Gasteiger partial charge in [0.1, 0.15) is 16.4 Å². The first-order chi connectivity index (χ1) is 10.0. The zero-order valence-electron chi connectivity index (χ0n) is 11.7. The van der Waals surface area contributed by atoms with Crippen molar-refractivity contribution in [3.8, 4) is 11.5 Å². The van der Waals surface area contributed by atoms with E-state index in [9.17, 15) is 8.42 Å². The van der Waals surface area contributed by atoms with Crippen LogP contribution >= 0.6 is 11.5 Å². The number of benzene rings is 1.